The first-order chi connectivity index (χ1) is 0. The zero-order chi connectivity index (χ0) is 0. The van der Waals surface area contributed by atoms with Crippen LogP contribution in [0.3, 0.4) is 0 Å². The second-order valence-corrected chi connectivity index (χ2v) is 0. The molecule has 0 saturated heterocycles. The van der Waals surface area contributed by atoms with Gasteiger partial charge in [0, 0.05) is 17.9 Å². The second kappa shape index (κ2) is 39.1. The fraction of sp³-hybridized carbons (Fsp3) is 1.00. The molecule has 1 radical (unpaired) electrons. The summed E-state index contributed by atoms with van der Waals surface area (Å²) in [7, 11) is 0. The maximum absolute atomic E-state index is 0. The van der Waals surface area contributed by atoms with Crippen molar-refractivity contribution in [2.24, 2.45) is 0 Å². The van der Waals surface area contributed by atoms with Gasteiger partial charge in [0.2, 0.25) is 0 Å². The van der Waals surface area contributed by atoms with Crippen molar-refractivity contribution in [1.29, 1.82) is 0 Å². The molecule has 0 aliphatic carbocycles. The smallest absolute Gasteiger partial charge is 0 e. The Labute approximate surface area is 47.8 Å². The summed E-state index contributed by atoms with van der Waals surface area (Å²) in [6.07, 6.45) is 0. The average molecular weight is 140 g/mol. The van der Waals surface area contributed by atoms with Crippen LogP contribution in [-0.4, -0.2) is 21.9 Å². The molecule has 0 bridgehead atoms. The minimum Gasteiger partial charge on any atom is -0.0776 e. The van der Waals surface area contributed by atoms with Gasteiger partial charge in [0.25, 0.3) is 0 Å². The van der Waals surface area contributed by atoms with Gasteiger partial charge in [-0.3, -0.25) is 0 Å². The van der Waals surface area contributed by atoms with Crippen LogP contribution in [0, 0.1) is 0 Å². The van der Waals surface area contributed by atoms with Gasteiger partial charge in [-0.25, -0.2) is 0 Å². The van der Waals surface area contributed by atoms with Crippen LogP contribution in [0.4, 0.5) is 0 Å². The molecule has 0 amide bonds. The number of hydrogen-bond donors (Lipinski definition) is 0. The molecule has 0 fully saturated rings. The molecule has 0 nitrogen and oxygen atoms in total. The molecular weight excluding hydrogens is 127 g/mol. The minimum absolute atomic E-state index is 0. The Morgan fingerprint density at radius 2 is 1.25 bits per heavy atom. The standard InChI is InChI=1S/CH4.Ni.H4Si.H3Si.H2/h1H4;;1H4;1H3;1H. The Morgan fingerprint density at radius 3 is 1.25 bits per heavy atom. The van der Waals surface area contributed by atoms with E-state index >= 15 is 0 Å². The minimum atomic E-state index is 0. The molecule has 0 aromatic rings. The molecule has 0 unspecified atom stereocenters. The van der Waals surface area contributed by atoms with E-state index < -0.39 is 0 Å². The molecule has 4 heavy (non-hydrogen) atoms. The zero-order valence-corrected chi connectivity index (χ0v) is 4.30. The Kier molecular flexibility index (Phi) is 865. The van der Waals surface area contributed by atoms with Crippen molar-refractivity contribution in [3.05, 3.63) is 0 Å². The second-order valence-electron chi connectivity index (χ2n) is 0. The summed E-state index contributed by atoms with van der Waals surface area (Å²) in [5.41, 5.74) is 0. The fourth-order valence-corrected chi connectivity index (χ4v) is 0. The van der Waals surface area contributed by atoms with Crippen LogP contribution in [0.25, 0.3) is 0 Å². The molecule has 0 aliphatic rings. The summed E-state index contributed by atoms with van der Waals surface area (Å²) in [6, 6.07) is 0. The summed E-state index contributed by atoms with van der Waals surface area (Å²) < 4.78 is 0. The Balaban J connectivity index is 0. The van der Waals surface area contributed by atoms with E-state index in [9.17, 15) is 0 Å². The molecule has 0 N–H and O–H groups in total. The fourth-order valence-electron chi connectivity index (χ4n) is 0. The Bertz CT molecular complexity index is 9.61. The third-order valence-corrected chi connectivity index (χ3v) is 0. The summed E-state index contributed by atoms with van der Waals surface area (Å²) in [5, 5.41) is 0. The van der Waals surface area contributed by atoms with E-state index in [2.05, 4.69) is 0 Å². The van der Waals surface area contributed by atoms with Crippen LogP contribution in [-0.2, 0) is 16.5 Å². The van der Waals surface area contributed by atoms with Gasteiger partial charge in [-0.2, -0.15) is 0 Å². The summed E-state index contributed by atoms with van der Waals surface area (Å²) in [5.74, 6) is 0. The van der Waals surface area contributed by atoms with Crippen molar-refractivity contribution in [3.8, 4) is 0 Å². The van der Waals surface area contributed by atoms with Gasteiger partial charge in [-0.15, -0.1) is 0 Å². The van der Waals surface area contributed by atoms with Gasteiger partial charge >= 0.3 is 0 Å². The first-order valence-electron chi connectivity index (χ1n) is 0. The van der Waals surface area contributed by atoms with E-state index in [-0.39, 0.29) is 47.3 Å². The average Bonchev–Trinajstić information content (AvgIpc) is 0. The van der Waals surface area contributed by atoms with Crippen LogP contribution in [0.5, 0.6) is 0 Å². The van der Waals surface area contributed by atoms with Crippen molar-refractivity contribution in [1.82, 2.24) is 0 Å². The number of hydrogen-bond acceptors (Lipinski definition) is 0. The molecule has 0 aliphatic heterocycles. The van der Waals surface area contributed by atoms with Gasteiger partial charge in [0.1, 0.15) is 0 Å². The van der Waals surface area contributed by atoms with E-state index in [4.69, 9.17) is 0 Å². The van der Waals surface area contributed by atoms with Gasteiger partial charge < -0.3 is 0 Å². The van der Waals surface area contributed by atoms with Crippen molar-refractivity contribution in [2.45, 2.75) is 7.43 Å². The molecule has 35 valence electrons. The van der Waals surface area contributed by atoms with E-state index in [1.54, 1.807) is 0 Å². The van der Waals surface area contributed by atoms with Gasteiger partial charge in [0.05, 0.1) is 0 Å². The van der Waals surface area contributed by atoms with Gasteiger partial charge in [-0.05, 0) is 21.9 Å². The predicted octanol–water partition coefficient (Wildman–Crippen LogP) is -1.76. The summed E-state index contributed by atoms with van der Waals surface area (Å²) in [4.78, 5) is 0. The van der Waals surface area contributed by atoms with Crippen molar-refractivity contribution >= 4 is 21.9 Å². The zero-order valence-electron chi connectivity index (χ0n) is 1.32. The maximum atomic E-state index is 0. The molecule has 3 heteroatoms. The third-order valence-electron chi connectivity index (χ3n) is 0. The van der Waals surface area contributed by atoms with Crippen molar-refractivity contribution in [2.75, 3.05) is 0 Å². The molecule has 0 spiro atoms. The molecule has 0 heterocycles. The Morgan fingerprint density at radius 1 is 1.25 bits per heavy atom. The van der Waals surface area contributed by atoms with Crippen molar-refractivity contribution < 1.29 is 17.9 Å². The van der Waals surface area contributed by atoms with E-state index in [1.165, 1.54) is 0 Å². The monoisotopic (exact) mass is 139 g/mol. The molecule has 0 saturated carbocycles. The SMILES string of the molecule is C.[HH].[Ni].[SiH3].[SiH4]. The molecule has 0 atom stereocenters. The first kappa shape index (κ1) is 88.4. The largest absolute Gasteiger partial charge is 0.0776 e. The molecular formula is CH13NiSi2. The van der Waals surface area contributed by atoms with Gasteiger partial charge in [0.15, 0.2) is 0 Å². The van der Waals surface area contributed by atoms with Crippen LogP contribution in [0.1, 0.15) is 8.85 Å². The first-order valence-corrected chi connectivity index (χ1v) is 0. The molecule has 0 aromatic heterocycles. The number of rotatable bonds is 0. The Hall–Kier alpha value is 0.927. The van der Waals surface area contributed by atoms with Crippen LogP contribution in [0.15, 0.2) is 0 Å². The van der Waals surface area contributed by atoms with Crippen LogP contribution in [0.2, 0.25) is 0 Å². The van der Waals surface area contributed by atoms with Gasteiger partial charge in [-0.1, -0.05) is 7.43 Å². The summed E-state index contributed by atoms with van der Waals surface area (Å²) in [6.45, 7) is 0. The molecule has 0 rings (SSSR count). The topological polar surface area (TPSA) is 0 Å². The van der Waals surface area contributed by atoms with E-state index in [0.717, 1.165) is 0 Å². The summed E-state index contributed by atoms with van der Waals surface area (Å²) >= 11 is 0. The van der Waals surface area contributed by atoms with Crippen LogP contribution < -0.4 is 0 Å². The predicted molar refractivity (Wildman–Crippen MR) is 30.1 cm³/mol. The quantitative estimate of drug-likeness (QED) is 0.350. The van der Waals surface area contributed by atoms with E-state index in [1.807, 2.05) is 0 Å². The van der Waals surface area contributed by atoms with Crippen molar-refractivity contribution in [3.63, 3.8) is 0 Å². The third kappa shape index (κ3) is 12.6. The normalized spacial score (nSPS) is 0. The molecule has 0 aromatic carbocycles. The van der Waals surface area contributed by atoms with Crippen LogP contribution >= 0.6 is 0 Å². The van der Waals surface area contributed by atoms with E-state index in [0.29, 0.717) is 0 Å². The maximum Gasteiger partial charge on any atom is 0 e.